The first-order chi connectivity index (χ1) is 16.1. The Labute approximate surface area is 194 Å². The van der Waals surface area contributed by atoms with Crippen LogP contribution in [0.15, 0.2) is 54.7 Å². The number of nitrogens with zero attached hydrogens (tertiary/aromatic N) is 3. The molecule has 0 unspecified atom stereocenters. The molecule has 0 spiro atoms. The molecule has 0 saturated heterocycles. The number of imidazole rings is 1. The first-order valence-corrected chi connectivity index (χ1v) is 10.4. The summed E-state index contributed by atoms with van der Waals surface area (Å²) in [5.74, 6) is -0.533. The van der Waals surface area contributed by atoms with E-state index in [1.54, 1.807) is 30.5 Å². The Morgan fingerprint density at radius 2 is 1.82 bits per heavy atom. The summed E-state index contributed by atoms with van der Waals surface area (Å²) in [6.07, 6.45) is 1.56. The summed E-state index contributed by atoms with van der Waals surface area (Å²) in [6, 6.07) is 10.8. The number of benzene rings is 2. The number of aromatic nitrogens is 4. The molecule has 0 aliphatic rings. The topological polar surface area (TPSA) is 122 Å². The molecule has 174 valence electrons. The number of H-pyrrole nitrogens is 1. The summed E-state index contributed by atoms with van der Waals surface area (Å²) in [5.41, 5.74) is 8.22. The maximum Gasteiger partial charge on any atom is 0.323 e. The van der Waals surface area contributed by atoms with Crippen LogP contribution in [-0.2, 0) is 5.41 Å². The normalized spacial score (nSPS) is 11.3. The van der Waals surface area contributed by atoms with Crippen LogP contribution in [0.25, 0.3) is 22.6 Å². The van der Waals surface area contributed by atoms with Crippen molar-refractivity contribution in [3.63, 3.8) is 0 Å². The van der Waals surface area contributed by atoms with Gasteiger partial charge in [-0.25, -0.2) is 28.5 Å². The van der Waals surface area contributed by atoms with Gasteiger partial charge in [-0.15, -0.1) is 0 Å². The molecular weight excluding hydrogens is 440 g/mol. The van der Waals surface area contributed by atoms with Gasteiger partial charge in [0, 0.05) is 28.9 Å². The zero-order chi connectivity index (χ0) is 24.5. The Morgan fingerprint density at radius 3 is 2.56 bits per heavy atom. The lowest BCUT2D eigenvalue weighted by Gasteiger charge is -2.14. The minimum absolute atomic E-state index is 0.132. The molecule has 0 atom stereocenters. The Hall–Kier alpha value is -4.34. The molecule has 0 fully saturated rings. The number of amides is 2. The van der Waals surface area contributed by atoms with E-state index < -0.39 is 17.7 Å². The van der Waals surface area contributed by atoms with Gasteiger partial charge in [0.25, 0.3) is 0 Å². The number of urea groups is 1. The molecule has 0 aliphatic carbocycles. The molecular formula is C24H23F2N7O. The van der Waals surface area contributed by atoms with Gasteiger partial charge < -0.3 is 21.4 Å². The fourth-order valence-electron chi connectivity index (χ4n) is 3.26. The lowest BCUT2D eigenvalue weighted by atomic mass is 9.96. The van der Waals surface area contributed by atoms with Crippen molar-refractivity contribution >= 4 is 23.4 Å². The molecule has 8 nitrogen and oxygen atoms in total. The lowest BCUT2D eigenvalue weighted by Crippen LogP contribution is -2.20. The quantitative estimate of drug-likeness (QED) is 0.326. The van der Waals surface area contributed by atoms with Gasteiger partial charge in [0.1, 0.15) is 17.5 Å². The van der Waals surface area contributed by atoms with E-state index in [9.17, 15) is 13.6 Å². The van der Waals surface area contributed by atoms with Crippen LogP contribution >= 0.6 is 0 Å². The van der Waals surface area contributed by atoms with Gasteiger partial charge >= 0.3 is 6.03 Å². The summed E-state index contributed by atoms with van der Waals surface area (Å²) in [4.78, 5) is 28.8. The molecule has 10 heteroatoms. The maximum atomic E-state index is 13.8. The van der Waals surface area contributed by atoms with Crippen LogP contribution in [-0.4, -0.2) is 26.0 Å². The van der Waals surface area contributed by atoms with Crippen molar-refractivity contribution in [3.8, 4) is 22.6 Å². The van der Waals surface area contributed by atoms with Crippen molar-refractivity contribution in [1.82, 2.24) is 19.9 Å². The first-order valence-electron chi connectivity index (χ1n) is 10.4. The fraction of sp³-hybridized carbons (Fsp3) is 0.167. The molecule has 34 heavy (non-hydrogen) atoms. The van der Waals surface area contributed by atoms with Crippen LogP contribution in [0.4, 0.5) is 30.9 Å². The summed E-state index contributed by atoms with van der Waals surface area (Å²) in [5, 5.41) is 4.94. The number of carbonyl (C=O) groups is 1. The number of halogens is 2. The second kappa shape index (κ2) is 8.89. The number of nitrogens with two attached hydrogens (primary N) is 1. The molecule has 2 heterocycles. The molecule has 2 aromatic carbocycles. The van der Waals surface area contributed by atoms with Crippen molar-refractivity contribution in [2.45, 2.75) is 26.2 Å². The third-order valence-electron chi connectivity index (χ3n) is 4.92. The Bertz CT molecular complexity index is 1360. The Balaban J connectivity index is 1.66. The van der Waals surface area contributed by atoms with Gasteiger partial charge in [-0.3, -0.25) is 0 Å². The largest absolute Gasteiger partial charge is 0.368 e. The van der Waals surface area contributed by atoms with Crippen LogP contribution in [0, 0.1) is 11.6 Å². The van der Waals surface area contributed by atoms with Gasteiger partial charge in [-0.05, 0) is 30.3 Å². The summed E-state index contributed by atoms with van der Waals surface area (Å²) in [7, 11) is 0. The average Bonchev–Trinajstić information content (AvgIpc) is 3.23. The SMILES string of the molecule is CC(C)(C)c1nc(-c2cccc(NC(=O)Nc3cc(F)ccc3F)c2)c(-c2ccnc(N)n2)[nH]1. The number of anilines is 3. The molecule has 0 radical (unpaired) electrons. The van der Waals surface area contributed by atoms with Crippen molar-refractivity contribution in [2.24, 2.45) is 0 Å². The highest BCUT2D eigenvalue weighted by molar-refractivity contribution is 6.00. The first kappa shape index (κ1) is 22.8. The molecule has 5 N–H and O–H groups in total. The second-order valence-corrected chi connectivity index (χ2v) is 8.64. The van der Waals surface area contributed by atoms with E-state index in [1.165, 1.54) is 0 Å². The molecule has 0 bridgehead atoms. The minimum Gasteiger partial charge on any atom is -0.368 e. The number of rotatable bonds is 4. The average molecular weight is 463 g/mol. The van der Waals surface area contributed by atoms with Gasteiger partial charge in [0.05, 0.1) is 22.8 Å². The Morgan fingerprint density at radius 1 is 1.03 bits per heavy atom. The van der Waals surface area contributed by atoms with Crippen molar-refractivity contribution < 1.29 is 13.6 Å². The third kappa shape index (κ3) is 5.01. The number of carbonyl (C=O) groups excluding carboxylic acids is 1. The van der Waals surface area contributed by atoms with Crippen LogP contribution in [0.1, 0.15) is 26.6 Å². The monoisotopic (exact) mass is 463 g/mol. The van der Waals surface area contributed by atoms with E-state index in [0.717, 1.165) is 24.0 Å². The smallest absolute Gasteiger partial charge is 0.323 e. The van der Waals surface area contributed by atoms with E-state index >= 15 is 0 Å². The highest BCUT2D eigenvalue weighted by atomic mass is 19.1. The van der Waals surface area contributed by atoms with Crippen LogP contribution < -0.4 is 16.4 Å². The van der Waals surface area contributed by atoms with Gasteiger partial charge in [0.15, 0.2) is 0 Å². The predicted molar refractivity (Wildman–Crippen MR) is 127 cm³/mol. The molecule has 0 saturated carbocycles. The summed E-state index contributed by atoms with van der Waals surface area (Å²) in [6.45, 7) is 6.09. The Kier molecular flexibility index (Phi) is 5.97. The minimum atomic E-state index is -0.745. The second-order valence-electron chi connectivity index (χ2n) is 8.64. The molecule has 4 aromatic rings. The van der Waals surface area contributed by atoms with E-state index in [2.05, 4.69) is 25.6 Å². The maximum absolute atomic E-state index is 13.8. The number of aromatic amines is 1. The number of hydrogen-bond acceptors (Lipinski definition) is 5. The van der Waals surface area contributed by atoms with Gasteiger partial charge in [0.2, 0.25) is 5.95 Å². The molecule has 2 amide bonds. The van der Waals surface area contributed by atoms with E-state index in [0.29, 0.717) is 28.3 Å². The predicted octanol–water partition coefficient (Wildman–Crippen LogP) is 5.34. The van der Waals surface area contributed by atoms with Crippen LogP contribution in [0.3, 0.4) is 0 Å². The third-order valence-corrected chi connectivity index (χ3v) is 4.92. The molecule has 4 rings (SSSR count). The zero-order valence-electron chi connectivity index (χ0n) is 18.8. The van der Waals surface area contributed by atoms with Crippen molar-refractivity contribution in [1.29, 1.82) is 0 Å². The van der Waals surface area contributed by atoms with Crippen LogP contribution in [0.5, 0.6) is 0 Å². The number of hydrogen-bond donors (Lipinski definition) is 4. The van der Waals surface area contributed by atoms with Gasteiger partial charge in [-0.1, -0.05) is 32.9 Å². The van der Waals surface area contributed by atoms with Crippen molar-refractivity contribution in [3.05, 3.63) is 72.2 Å². The lowest BCUT2D eigenvalue weighted by molar-refractivity contribution is 0.262. The molecule has 2 aromatic heterocycles. The number of nitrogens with one attached hydrogen (secondary N) is 3. The van der Waals surface area contributed by atoms with Gasteiger partial charge in [-0.2, -0.15) is 0 Å². The number of nitrogen functional groups attached to an aromatic ring is 1. The standard InChI is InChI=1S/C24H23F2N7O/c1-24(2,3)21-32-19(20(33-21)17-9-10-28-22(27)30-17)13-5-4-6-15(11-13)29-23(34)31-18-12-14(25)7-8-16(18)26/h4-12H,1-3H3,(H,32,33)(H2,27,28,30)(H2,29,31,34). The van der Waals surface area contributed by atoms with E-state index in [1.807, 2.05) is 26.8 Å². The van der Waals surface area contributed by atoms with E-state index in [4.69, 9.17) is 10.7 Å². The molecule has 0 aliphatic heterocycles. The summed E-state index contributed by atoms with van der Waals surface area (Å²) < 4.78 is 27.2. The zero-order valence-corrected chi connectivity index (χ0v) is 18.8. The fourth-order valence-corrected chi connectivity index (χ4v) is 3.26. The van der Waals surface area contributed by atoms with Crippen molar-refractivity contribution in [2.75, 3.05) is 16.4 Å². The highest BCUT2D eigenvalue weighted by Crippen LogP contribution is 2.33. The van der Waals surface area contributed by atoms with Crippen LogP contribution in [0.2, 0.25) is 0 Å². The summed E-state index contributed by atoms with van der Waals surface area (Å²) >= 11 is 0. The van der Waals surface area contributed by atoms with E-state index in [-0.39, 0.29) is 17.1 Å². The highest BCUT2D eigenvalue weighted by Gasteiger charge is 2.23.